The SMILES string of the molecule is CN1CCC(S(=O)(=O)NC(=O)C(C)(C)C)CC1. The summed E-state index contributed by atoms with van der Waals surface area (Å²) < 4.78 is 26.2. The van der Waals surface area contributed by atoms with E-state index >= 15 is 0 Å². The van der Waals surface area contributed by atoms with Crippen LogP contribution in [0, 0.1) is 5.41 Å². The molecule has 0 unspecified atom stereocenters. The van der Waals surface area contributed by atoms with Crippen LogP contribution in [0.3, 0.4) is 0 Å². The van der Waals surface area contributed by atoms with Crippen molar-refractivity contribution in [3.63, 3.8) is 0 Å². The molecule has 0 bridgehead atoms. The summed E-state index contributed by atoms with van der Waals surface area (Å²) in [7, 11) is -1.55. The van der Waals surface area contributed by atoms with E-state index in [0.717, 1.165) is 13.1 Å². The number of piperidine rings is 1. The number of hydrogen-bond donors (Lipinski definition) is 1. The van der Waals surface area contributed by atoms with Gasteiger partial charge in [0.2, 0.25) is 15.9 Å². The Morgan fingerprint density at radius 2 is 1.71 bits per heavy atom. The van der Waals surface area contributed by atoms with Crippen molar-refractivity contribution in [2.24, 2.45) is 5.41 Å². The topological polar surface area (TPSA) is 66.5 Å². The molecule has 1 rings (SSSR count). The normalized spacial score (nSPS) is 20.2. The Hall–Kier alpha value is -0.620. The van der Waals surface area contributed by atoms with Crippen molar-refractivity contribution in [2.75, 3.05) is 20.1 Å². The molecule has 17 heavy (non-hydrogen) atoms. The fourth-order valence-corrected chi connectivity index (χ4v) is 3.22. The van der Waals surface area contributed by atoms with E-state index in [0.29, 0.717) is 12.8 Å². The third-order valence-electron chi connectivity index (χ3n) is 3.02. The zero-order valence-corrected chi connectivity index (χ0v) is 11.8. The molecule has 1 saturated heterocycles. The summed E-state index contributed by atoms with van der Waals surface area (Å²) in [4.78, 5) is 13.8. The van der Waals surface area contributed by atoms with Gasteiger partial charge in [0.05, 0.1) is 5.25 Å². The standard InChI is InChI=1S/C11H22N2O3S/c1-11(2,3)10(14)12-17(15,16)9-5-7-13(4)8-6-9/h9H,5-8H2,1-4H3,(H,12,14). The van der Waals surface area contributed by atoms with Crippen LogP contribution in [0.5, 0.6) is 0 Å². The number of nitrogens with one attached hydrogen (secondary N) is 1. The maximum atomic E-state index is 12.0. The molecule has 1 fully saturated rings. The van der Waals surface area contributed by atoms with Crippen LogP contribution in [-0.2, 0) is 14.8 Å². The van der Waals surface area contributed by atoms with Crippen molar-refractivity contribution >= 4 is 15.9 Å². The van der Waals surface area contributed by atoms with E-state index in [1.165, 1.54) is 0 Å². The Morgan fingerprint density at radius 3 is 2.12 bits per heavy atom. The van der Waals surface area contributed by atoms with Crippen LogP contribution in [0.2, 0.25) is 0 Å². The number of sulfonamides is 1. The van der Waals surface area contributed by atoms with Crippen molar-refractivity contribution in [1.82, 2.24) is 9.62 Å². The Balaban J connectivity index is 2.67. The van der Waals surface area contributed by atoms with E-state index in [9.17, 15) is 13.2 Å². The lowest BCUT2D eigenvalue weighted by atomic mass is 9.96. The summed E-state index contributed by atoms with van der Waals surface area (Å²) in [5, 5.41) is -0.440. The number of rotatable bonds is 2. The van der Waals surface area contributed by atoms with Crippen LogP contribution in [0.1, 0.15) is 33.6 Å². The maximum absolute atomic E-state index is 12.0. The van der Waals surface area contributed by atoms with Crippen LogP contribution >= 0.6 is 0 Å². The monoisotopic (exact) mass is 262 g/mol. The fourth-order valence-electron chi connectivity index (χ4n) is 1.66. The summed E-state index contributed by atoms with van der Waals surface area (Å²) in [5.41, 5.74) is -0.682. The highest BCUT2D eigenvalue weighted by Gasteiger charge is 2.33. The van der Waals surface area contributed by atoms with E-state index in [2.05, 4.69) is 9.62 Å². The molecule has 0 radical (unpaired) electrons. The van der Waals surface area contributed by atoms with Crippen LogP contribution in [0.25, 0.3) is 0 Å². The summed E-state index contributed by atoms with van der Waals surface area (Å²) in [6.45, 7) is 6.62. The van der Waals surface area contributed by atoms with Crippen LogP contribution in [0.4, 0.5) is 0 Å². The lowest BCUT2D eigenvalue weighted by molar-refractivity contribution is -0.126. The smallest absolute Gasteiger partial charge is 0.238 e. The second-order valence-corrected chi connectivity index (χ2v) is 7.69. The second-order valence-electron chi connectivity index (χ2n) is 5.73. The van der Waals surface area contributed by atoms with E-state index in [4.69, 9.17) is 0 Å². The molecule has 6 heteroatoms. The molecule has 1 N–H and O–H groups in total. The molecule has 100 valence electrons. The number of nitrogens with zero attached hydrogens (tertiary/aromatic N) is 1. The molecule has 1 amide bonds. The lowest BCUT2D eigenvalue weighted by Gasteiger charge is -2.29. The van der Waals surface area contributed by atoms with Gasteiger partial charge < -0.3 is 4.90 Å². The molecular formula is C11H22N2O3S. The number of amides is 1. The van der Waals surface area contributed by atoms with Crippen LogP contribution < -0.4 is 4.72 Å². The highest BCUT2D eigenvalue weighted by Crippen LogP contribution is 2.18. The fraction of sp³-hybridized carbons (Fsp3) is 0.909. The summed E-state index contributed by atoms with van der Waals surface area (Å²) in [6.07, 6.45) is 1.17. The highest BCUT2D eigenvalue weighted by atomic mass is 32.2. The minimum Gasteiger partial charge on any atom is -0.306 e. The van der Waals surface area contributed by atoms with Gasteiger partial charge in [0, 0.05) is 5.41 Å². The molecule has 0 aromatic carbocycles. The van der Waals surface area contributed by atoms with Crippen molar-refractivity contribution in [2.45, 2.75) is 38.9 Å². The molecule has 5 nitrogen and oxygen atoms in total. The zero-order chi connectivity index (χ0) is 13.3. The first-order valence-corrected chi connectivity index (χ1v) is 7.42. The van der Waals surface area contributed by atoms with Gasteiger partial charge in [-0.3, -0.25) is 9.52 Å². The molecule has 0 spiro atoms. The van der Waals surface area contributed by atoms with Gasteiger partial charge in [-0.2, -0.15) is 0 Å². The third-order valence-corrected chi connectivity index (χ3v) is 4.84. The molecule has 0 aliphatic carbocycles. The maximum Gasteiger partial charge on any atom is 0.238 e. The van der Waals surface area contributed by atoms with Gasteiger partial charge in [-0.05, 0) is 33.0 Å². The number of carbonyl (C=O) groups excluding carboxylic acids is 1. The largest absolute Gasteiger partial charge is 0.306 e. The van der Waals surface area contributed by atoms with Gasteiger partial charge in [0.25, 0.3) is 0 Å². The van der Waals surface area contributed by atoms with Crippen molar-refractivity contribution in [3.8, 4) is 0 Å². The Morgan fingerprint density at radius 1 is 1.24 bits per heavy atom. The highest BCUT2D eigenvalue weighted by molar-refractivity contribution is 7.90. The number of carbonyl (C=O) groups is 1. The van der Waals surface area contributed by atoms with Crippen LogP contribution in [0.15, 0.2) is 0 Å². The van der Waals surface area contributed by atoms with E-state index in [1.807, 2.05) is 7.05 Å². The summed E-state index contributed by atoms with van der Waals surface area (Å²) in [6, 6.07) is 0. The van der Waals surface area contributed by atoms with Gasteiger partial charge in [-0.1, -0.05) is 20.8 Å². The predicted molar refractivity (Wildman–Crippen MR) is 67.0 cm³/mol. The summed E-state index contributed by atoms with van der Waals surface area (Å²) in [5.74, 6) is -0.434. The van der Waals surface area contributed by atoms with Gasteiger partial charge in [-0.25, -0.2) is 8.42 Å². The molecule has 0 atom stereocenters. The quantitative estimate of drug-likeness (QED) is 0.790. The number of likely N-dealkylation sites (tertiary alicyclic amines) is 1. The average molecular weight is 262 g/mol. The molecular weight excluding hydrogens is 240 g/mol. The lowest BCUT2D eigenvalue weighted by Crippen LogP contribution is -2.47. The number of hydrogen-bond acceptors (Lipinski definition) is 4. The third kappa shape index (κ3) is 3.96. The first-order valence-electron chi connectivity index (χ1n) is 5.87. The Bertz CT molecular complexity index is 376. The van der Waals surface area contributed by atoms with Gasteiger partial charge in [0.1, 0.15) is 0 Å². The van der Waals surface area contributed by atoms with Gasteiger partial charge in [0.15, 0.2) is 0 Å². The Labute approximate surface area is 104 Å². The van der Waals surface area contributed by atoms with Gasteiger partial charge >= 0.3 is 0 Å². The minimum absolute atomic E-state index is 0.434. The van der Waals surface area contributed by atoms with Crippen molar-refractivity contribution < 1.29 is 13.2 Å². The zero-order valence-electron chi connectivity index (χ0n) is 11.0. The minimum atomic E-state index is -3.52. The molecule has 1 aliphatic rings. The summed E-state index contributed by atoms with van der Waals surface area (Å²) >= 11 is 0. The molecule has 0 aromatic heterocycles. The van der Waals surface area contributed by atoms with Crippen molar-refractivity contribution in [3.05, 3.63) is 0 Å². The molecule has 0 aromatic rings. The molecule has 0 saturated carbocycles. The van der Waals surface area contributed by atoms with E-state index in [-0.39, 0.29) is 0 Å². The first-order chi connectivity index (χ1) is 7.63. The van der Waals surface area contributed by atoms with Crippen LogP contribution in [-0.4, -0.2) is 44.6 Å². The average Bonchev–Trinajstić information content (AvgIpc) is 2.16. The van der Waals surface area contributed by atoms with Gasteiger partial charge in [-0.15, -0.1) is 0 Å². The predicted octanol–water partition coefficient (Wildman–Crippen LogP) is 0.573. The van der Waals surface area contributed by atoms with E-state index in [1.54, 1.807) is 20.8 Å². The van der Waals surface area contributed by atoms with Crippen molar-refractivity contribution in [1.29, 1.82) is 0 Å². The second kappa shape index (κ2) is 4.94. The Kier molecular flexibility index (Phi) is 4.19. The molecule has 1 heterocycles. The van der Waals surface area contributed by atoms with E-state index < -0.39 is 26.6 Å². The molecule has 1 aliphatic heterocycles. The first kappa shape index (κ1) is 14.4.